The Hall–Kier alpha value is -2.07. The number of aryl methyl sites for hydroxylation is 2. The summed E-state index contributed by atoms with van der Waals surface area (Å²) in [4.78, 5) is 17.6. The summed E-state index contributed by atoms with van der Waals surface area (Å²) in [6.07, 6.45) is 0. The standard InChI is InChI=1S/C16H17ClN2O2/c1-10-7-14(15(16(20)21)11(2)18-10)19(3)9-12-5-4-6-13(17)8-12/h4-8H,9H2,1-3H3,(H,20,21). The number of halogens is 1. The van der Waals surface area contributed by atoms with Gasteiger partial charge >= 0.3 is 5.97 Å². The molecule has 1 N–H and O–H groups in total. The minimum absolute atomic E-state index is 0.241. The molecule has 0 aliphatic heterocycles. The summed E-state index contributed by atoms with van der Waals surface area (Å²) in [7, 11) is 1.86. The number of pyridine rings is 1. The third-order valence-electron chi connectivity index (χ3n) is 3.24. The van der Waals surface area contributed by atoms with Crippen LogP contribution >= 0.6 is 11.6 Å². The lowest BCUT2D eigenvalue weighted by Crippen LogP contribution is -2.21. The third kappa shape index (κ3) is 3.52. The number of rotatable bonds is 4. The number of hydrogen-bond donors (Lipinski definition) is 1. The van der Waals surface area contributed by atoms with Crippen molar-refractivity contribution in [1.29, 1.82) is 0 Å². The lowest BCUT2D eigenvalue weighted by molar-refractivity contribution is 0.0696. The van der Waals surface area contributed by atoms with Gasteiger partial charge in [-0.3, -0.25) is 4.98 Å². The van der Waals surface area contributed by atoms with Gasteiger partial charge in [-0.15, -0.1) is 0 Å². The van der Waals surface area contributed by atoms with Crippen LogP contribution in [0.2, 0.25) is 5.02 Å². The van der Waals surface area contributed by atoms with Gasteiger partial charge in [-0.1, -0.05) is 23.7 Å². The summed E-state index contributed by atoms with van der Waals surface area (Å²) >= 11 is 5.98. The van der Waals surface area contributed by atoms with Gasteiger partial charge in [0.1, 0.15) is 5.56 Å². The van der Waals surface area contributed by atoms with Gasteiger partial charge in [-0.25, -0.2) is 4.79 Å². The molecule has 1 aromatic heterocycles. The second-order valence-corrected chi connectivity index (χ2v) is 5.47. The first-order valence-corrected chi connectivity index (χ1v) is 6.93. The van der Waals surface area contributed by atoms with E-state index in [2.05, 4.69) is 4.98 Å². The molecule has 0 saturated carbocycles. The molecule has 0 aliphatic rings. The van der Waals surface area contributed by atoms with Gasteiger partial charge in [0.15, 0.2) is 0 Å². The zero-order valence-electron chi connectivity index (χ0n) is 12.2. The number of anilines is 1. The largest absolute Gasteiger partial charge is 0.478 e. The Morgan fingerprint density at radius 2 is 2.05 bits per heavy atom. The van der Waals surface area contributed by atoms with Crippen molar-refractivity contribution in [3.8, 4) is 0 Å². The highest BCUT2D eigenvalue weighted by Crippen LogP contribution is 2.25. The minimum atomic E-state index is -0.965. The second kappa shape index (κ2) is 6.14. The number of benzene rings is 1. The summed E-state index contributed by atoms with van der Waals surface area (Å²) in [5.74, 6) is -0.965. The van der Waals surface area contributed by atoms with Crippen LogP contribution in [0, 0.1) is 13.8 Å². The zero-order chi connectivity index (χ0) is 15.6. The number of carbonyl (C=O) groups is 1. The summed E-state index contributed by atoms with van der Waals surface area (Å²) < 4.78 is 0. The topological polar surface area (TPSA) is 53.4 Å². The highest BCUT2D eigenvalue weighted by molar-refractivity contribution is 6.30. The lowest BCUT2D eigenvalue weighted by atomic mass is 10.1. The predicted octanol–water partition coefficient (Wildman–Crippen LogP) is 3.69. The average molecular weight is 305 g/mol. The molecule has 1 heterocycles. The van der Waals surface area contributed by atoms with E-state index in [1.54, 1.807) is 13.0 Å². The van der Waals surface area contributed by atoms with E-state index in [0.717, 1.165) is 11.3 Å². The van der Waals surface area contributed by atoms with Crippen molar-refractivity contribution in [2.24, 2.45) is 0 Å². The molecule has 0 fully saturated rings. The predicted molar refractivity (Wildman–Crippen MR) is 84.2 cm³/mol. The number of aromatic carboxylic acids is 1. The fourth-order valence-electron chi connectivity index (χ4n) is 2.37. The zero-order valence-corrected chi connectivity index (χ0v) is 13.0. The lowest BCUT2D eigenvalue weighted by Gasteiger charge is -2.22. The Bertz CT molecular complexity index is 686. The molecule has 0 amide bonds. The van der Waals surface area contributed by atoms with E-state index in [-0.39, 0.29) is 5.56 Å². The quantitative estimate of drug-likeness (QED) is 0.936. The molecule has 1 aromatic carbocycles. The van der Waals surface area contributed by atoms with E-state index < -0.39 is 5.97 Å². The van der Waals surface area contributed by atoms with Crippen molar-refractivity contribution >= 4 is 23.3 Å². The molecule has 2 aromatic rings. The number of aromatic nitrogens is 1. The monoisotopic (exact) mass is 304 g/mol. The Labute approximate surface area is 129 Å². The molecular weight excluding hydrogens is 288 g/mol. The van der Waals surface area contributed by atoms with Crippen LogP contribution < -0.4 is 4.90 Å². The van der Waals surface area contributed by atoms with Crippen LogP contribution in [-0.2, 0) is 6.54 Å². The summed E-state index contributed by atoms with van der Waals surface area (Å²) in [6, 6.07) is 9.32. The van der Waals surface area contributed by atoms with Crippen LogP contribution in [0.3, 0.4) is 0 Å². The molecule has 2 rings (SSSR count). The van der Waals surface area contributed by atoms with Crippen molar-refractivity contribution < 1.29 is 9.90 Å². The molecule has 0 atom stereocenters. The van der Waals surface area contributed by atoms with Crippen molar-refractivity contribution in [2.75, 3.05) is 11.9 Å². The van der Waals surface area contributed by atoms with Crippen LogP contribution in [0.4, 0.5) is 5.69 Å². The molecule has 4 nitrogen and oxygen atoms in total. The summed E-state index contributed by atoms with van der Waals surface area (Å²) in [5.41, 5.74) is 3.24. The molecule has 5 heteroatoms. The van der Waals surface area contributed by atoms with Crippen LogP contribution in [0.25, 0.3) is 0 Å². The maximum atomic E-state index is 11.5. The summed E-state index contributed by atoms with van der Waals surface area (Å²) in [5, 5.41) is 10.1. The Morgan fingerprint density at radius 1 is 1.33 bits per heavy atom. The Kier molecular flexibility index (Phi) is 4.48. The van der Waals surface area contributed by atoms with Crippen molar-refractivity contribution in [3.05, 3.63) is 57.9 Å². The Morgan fingerprint density at radius 3 is 2.67 bits per heavy atom. The molecule has 0 radical (unpaired) electrons. The molecule has 0 bridgehead atoms. The number of nitrogens with zero attached hydrogens (tertiary/aromatic N) is 2. The van der Waals surface area contributed by atoms with Gasteiger partial charge in [0.2, 0.25) is 0 Å². The van der Waals surface area contributed by atoms with Crippen LogP contribution in [0.15, 0.2) is 30.3 Å². The molecule has 0 spiro atoms. The van der Waals surface area contributed by atoms with Crippen LogP contribution in [0.1, 0.15) is 27.3 Å². The van der Waals surface area contributed by atoms with Gasteiger partial charge < -0.3 is 10.0 Å². The minimum Gasteiger partial charge on any atom is -0.478 e. The fraction of sp³-hybridized carbons (Fsp3) is 0.250. The van der Waals surface area contributed by atoms with Gasteiger partial charge in [-0.05, 0) is 37.6 Å². The smallest absolute Gasteiger partial charge is 0.339 e. The molecule has 110 valence electrons. The maximum Gasteiger partial charge on any atom is 0.339 e. The highest BCUT2D eigenvalue weighted by atomic mass is 35.5. The van der Waals surface area contributed by atoms with Gasteiger partial charge in [0.05, 0.1) is 11.4 Å². The van der Waals surface area contributed by atoms with Gasteiger partial charge in [-0.2, -0.15) is 0 Å². The molecular formula is C16H17ClN2O2. The SMILES string of the molecule is Cc1cc(N(C)Cc2cccc(Cl)c2)c(C(=O)O)c(C)n1. The van der Waals surface area contributed by atoms with Crippen LogP contribution in [0.5, 0.6) is 0 Å². The molecule has 0 unspecified atom stereocenters. The number of hydrogen-bond acceptors (Lipinski definition) is 3. The van der Waals surface area contributed by atoms with Crippen molar-refractivity contribution in [1.82, 2.24) is 4.98 Å². The Balaban J connectivity index is 2.39. The van der Waals surface area contributed by atoms with Gasteiger partial charge in [0, 0.05) is 24.3 Å². The molecule has 21 heavy (non-hydrogen) atoms. The van der Waals surface area contributed by atoms with Crippen molar-refractivity contribution in [3.63, 3.8) is 0 Å². The van der Waals surface area contributed by atoms with E-state index in [0.29, 0.717) is 22.9 Å². The van der Waals surface area contributed by atoms with E-state index in [1.807, 2.05) is 43.1 Å². The highest BCUT2D eigenvalue weighted by Gasteiger charge is 2.18. The maximum absolute atomic E-state index is 11.5. The molecule has 0 saturated heterocycles. The first kappa shape index (κ1) is 15.3. The van der Waals surface area contributed by atoms with E-state index in [9.17, 15) is 9.90 Å². The average Bonchev–Trinajstić information content (AvgIpc) is 2.37. The first-order chi connectivity index (χ1) is 9.88. The van der Waals surface area contributed by atoms with E-state index in [1.165, 1.54) is 0 Å². The normalized spacial score (nSPS) is 10.5. The van der Waals surface area contributed by atoms with E-state index >= 15 is 0 Å². The second-order valence-electron chi connectivity index (χ2n) is 5.03. The number of carboxylic acid groups (broad SMARTS) is 1. The molecule has 0 aliphatic carbocycles. The van der Waals surface area contributed by atoms with Crippen LogP contribution in [-0.4, -0.2) is 23.1 Å². The third-order valence-corrected chi connectivity index (χ3v) is 3.48. The van der Waals surface area contributed by atoms with E-state index in [4.69, 9.17) is 11.6 Å². The summed E-state index contributed by atoms with van der Waals surface area (Å²) in [6.45, 7) is 4.15. The first-order valence-electron chi connectivity index (χ1n) is 6.55. The van der Waals surface area contributed by atoms with Gasteiger partial charge in [0.25, 0.3) is 0 Å². The van der Waals surface area contributed by atoms with Crippen molar-refractivity contribution in [2.45, 2.75) is 20.4 Å². The number of carboxylic acids is 1. The fourth-order valence-corrected chi connectivity index (χ4v) is 2.58.